The summed E-state index contributed by atoms with van der Waals surface area (Å²) in [6.45, 7) is 1.29. The molecule has 164 valence electrons. The van der Waals surface area contributed by atoms with Crippen LogP contribution in [-0.4, -0.2) is 54.4 Å². The minimum atomic E-state index is -4.84. The molecule has 2 aliphatic rings. The standard InChI is InChI=1S/C18H19ClF3N3O5/c1-10-5-12(19)6-11-7-14(16(18(20,21)22)30-15(10)11)17(27)28-9-29-24-23-25-4-2-3-13(25)8-26/h5-7,13,16,26H,2-4,8-9H2,1H3/b24-23-/t13-,16-/m0/s1. The Kier molecular flexibility index (Phi) is 6.71. The summed E-state index contributed by atoms with van der Waals surface area (Å²) >= 11 is 5.94. The van der Waals surface area contributed by atoms with Gasteiger partial charge in [-0.05, 0) is 48.8 Å². The molecule has 2 aliphatic heterocycles. The molecule has 2 atom stereocenters. The Morgan fingerprint density at radius 3 is 2.90 bits per heavy atom. The number of aliphatic hydroxyl groups is 1. The predicted molar refractivity (Wildman–Crippen MR) is 98.4 cm³/mol. The monoisotopic (exact) mass is 449 g/mol. The molecule has 30 heavy (non-hydrogen) atoms. The molecule has 0 saturated carbocycles. The van der Waals surface area contributed by atoms with Gasteiger partial charge in [0.25, 0.3) is 6.79 Å². The van der Waals surface area contributed by atoms with Crippen molar-refractivity contribution < 1.29 is 37.4 Å². The summed E-state index contributed by atoms with van der Waals surface area (Å²) in [6.07, 6.45) is -4.71. The highest BCUT2D eigenvalue weighted by molar-refractivity contribution is 6.30. The molecule has 0 radical (unpaired) electrons. The van der Waals surface area contributed by atoms with Crippen LogP contribution in [0.3, 0.4) is 0 Å². The molecule has 8 nitrogen and oxygen atoms in total. The number of halogens is 4. The summed E-state index contributed by atoms with van der Waals surface area (Å²) in [5.41, 5.74) is -0.100. The second kappa shape index (κ2) is 9.09. The number of hydrogen-bond donors (Lipinski definition) is 1. The molecule has 0 aliphatic carbocycles. The number of benzene rings is 1. The lowest BCUT2D eigenvalue weighted by atomic mass is 9.99. The zero-order valence-corrected chi connectivity index (χ0v) is 16.6. The van der Waals surface area contributed by atoms with Crippen molar-refractivity contribution in [1.82, 2.24) is 5.01 Å². The van der Waals surface area contributed by atoms with Gasteiger partial charge in [0.05, 0.1) is 18.2 Å². The van der Waals surface area contributed by atoms with Crippen LogP contribution in [0, 0.1) is 6.92 Å². The van der Waals surface area contributed by atoms with E-state index in [1.165, 1.54) is 17.1 Å². The molecule has 3 rings (SSSR count). The van der Waals surface area contributed by atoms with Gasteiger partial charge in [0.2, 0.25) is 6.10 Å². The van der Waals surface area contributed by atoms with Crippen LogP contribution in [-0.2, 0) is 14.4 Å². The molecule has 1 aromatic rings. The quantitative estimate of drug-likeness (QED) is 0.234. The summed E-state index contributed by atoms with van der Waals surface area (Å²) in [5, 5.41) is 18.1. The Hall–Kier alpha value is -2.53. The van der Waals surface area contributed by atoms with Gasteiger partial charge in [-0.15, -0.1) is 0 Å². The topological polar surface area (TPSA) is 93.0 Å². The second-order valence-corrected chi connectivity index (χ2v) is 7.21. The van der Waals surface area contributed by atoms with E-state index in [9.17, 15) is 23.1 Å². The van der Waals surface area contributed by atoms with Crippen LogP contribution < -0.4 is 4.74 Å². The van der Waals surface area contributed by atoms with Crippen molar-refractivity contribution in [2.75, 3.05) is 19.9 Å². The first-order valence-electron chi connectivity index (χ1n) is 9.03. The number of fused-ring (bicyclic) bond motifs is 1. The lowest BCUT2D eigenvalue weighted by Crippen LogP contribution is -2.41. The number of rotatable bonds is 6. The zero-order chi connectivity index (χ0) is 21.9. The molecule has 12 heteroatoms. The van der Waals surface area contributed by atoms with Crippen molar-refractivity contribution in [2.24, 2.45) is 10.5 Å². The van der Waals surface area contributed by atoms with Gasteiger partial charge in [-0.2, -0.15) is 13.2 Å². The SMILES string of the molecule is Cc1cc(Cl)cc2c1O[C@H](C(F)(F)F)C(C(=O)OCO/N=N\N1CCC[C@H]1CO)=C2. The van der Waals surface area contributed by atoms with Gasteiger partial charge < -0.3 is 19.4 Å². The summed E-state index contributed by atoms with van der Waals surface area (Å²) < 4.78 is 50.2. The average molecular weight is 450 g/mol. The van der Waals surface area contributed by atoms with Crippen LogP contribution in [0.1, 0.15) is 24.0 Å². The third-order valence-corrected chi connectivity index (χ3v) is 4.86. The van der Waals surface area contributed by atoms with Gasteiger partial charge in [-0.25, -0.2) is 4.79 Å². The number of hydrogen-bond acceptors (Lipinski definition) is 7. The average Bonchev–Trinajstić information content (AvgIpc) is 3.13. The fourth-order valence-corrected chi connectivity index (χ4v) is 3.52. The van der Waals surface area contributed by atoms with Crippen LogP contribution in [0.2, 0.25) is 5.02 Å². The van der Waals surface area contributed by atoms with Gasteiger partial charge in [-0.3, -0.25) is 5.01 Å². The van der Waals surface area contributed by atoms with E-state index in [4.69, 9.17) is 25.9 Å². The lowest BCUT2D eigenvalue weighted by molar-refractivity contribution is -0.190. The van der Waals surface area contributed by atoms with Crippen molar-refractivity contribution in [1.29, 1.82) is 0 Å². The number of esters is 1. The summed E-state index contributed by atoms with van der Waals surface area (Å²) in [6, 6.07) is 2.68. The van der Waals surface area contributed by atoms with Crippen LogP contribution >= 0.6 is 11.6 Å². The number of aryl methyl sites for hydroxylation is 1. The van der Waals surface area contributed by atoms with E-state index < -0.39 is 30.6 Å². The molecule has 1 fully saturated rings. The molecule has 1 N–H and O–H groups in total. The van der Waals surface area contributed by atoms with Crippen molar-refractivity contribution in [2.45, 2.75) is 38.1 Å². The van der Waals surface area contributed by atoms with Crippen LogP contribution in [0.5, 0.6) is 5.75 Å². The number of aliphatic hydroxyl groups excluding tert-OH is 1. The number of carbonyl (C=O) groups is 1. The third kappa shape index (κ3) is 4.96. The van der Waals surface area contributed by atoms with E-state index in [1.54, 1.807) is 6.92 Å². The van der Waals surface area contributed by atoms with Gasteiger partial charge in [0.15, 0.2) is 0 Å². The van der Waals surface area contributed by atoms with E-state index >= 15 is 0 Å². The van der Waals surface area contributed by atoms with Gasteiger partial charge in [0.1, 0.15) is 5.75 Å². The van der Waals surface area contributed by atoms with E-state index in [1.807, 2.05) is 0 Å². The highest BCUT2D eigenvalue weighted by atomic mass is 35.5. The third-order valence-electron chi connectivity index (χ3n) is 4.64. The van der Waals surface area contributed by atoms with E-state index in [0.29, 0.717) is 12.1 Å². The smallest absolute Gasteiger partial charge is 0.430 e. The normalized spacial score (nSPS) is 21.3. The van der Waals surface area contributed by atoms with Gasteiger partial charge >= 0.3 is 12.1 Å². The molecule has 0 amide bonds. The number of alkyl halides is 3. The molecular formula is C18H19ClF3N3O5. The van der Waals surface area contributed by atoms with E-state index in [0.717, 1.165) is 18.9 Å². The van der Waals surface area contributed by atoms with Gasteiger partial charge in [-0.1, -0.05) is 11.6 Å². The lowest BCUT2D eigenvalue weighted by Gasteiger charge is -2.28. The van der Waals surface area contributed by atoms with Crippen LogP contribution in [0.25, 0.3) is 6.08 Å². The minimum Gasteiger partial charge on any atom is -0.475 e. The Morgan fingerprint density at radius 1 is 1.43 bits per heavy atom. The predicted octanol–water partition coefficient (Wildman–Crippen LogP) is 3.61. The fraction of sp³-hybridized carbons (Fsp3) is 0.500. The summed E-state index contributed by atoms with van der Waals surface area (Å²) in [7, 11) is 0. The Bertz CT molecular complexity index is 862. The molecule has 1 aromatic carbocycles. The molecule has 1 saturated heterocycles. The number of nitrogens with zero attached hydrogens (tertiary/aromatic N) is 3. The van der Waals surface area contributed by atoms with Crippen molar-refractivity contribution >= 4 is 23.6 Å². The Labute approximate surface area is 174 Å². The summed E-state index contributed by atoms with van der Waals surface area (Å²) in [4.78, 5) is 17.0. The Balaban J connectivity index is 1.67. The molecule has 0 spiro atoms. The van der Waals surface area contributed by atoms with Crippen LogP contribution in [0.15, 0.2) is 28.2 Å². The summed E-state index contributed by atoms with van der Waals surface area (Å²) in [5.74, 6) is -1.28. The zero-order valence-electron chi connectivity index (χ0n) is 15.9. The molecule has 0 bridgehead atoms. The number of ether oxygens (including phenoxy) is 2. The largest absolute Gasteiger partial charge is 0.475 e. The Morgan fingerprint density at radius 2 is 2.20 bits per heavy atom. The van der Waals surface area contributed by atoms with Crippen molar-refractivity contribution in [3.63, 3.8) is 0 Å². The molecule has 0 aromatic heterocycles. The molecular weight excluding hydrogens is 431 g/mol. The molecule has 0 unspecified atom stereocenters. The van der Waals surface area contributed by atoms with E-state index in [2.05, 4.69) is 10.5 Å². The van der Waals surface area contributed by atoms with E-state index in [-0.39, 0.29) is 29.0 Å². The van der Waals surface area contributed by atoms with Crippen molar-refractivity contribution in [3.8, 4) is 5.75 Å². The first-order valence-corrected chi connectivity index (χ1v) is 9.41. The first kappa shape index (κ1) is 22.2. The first-order chi connectivity index (χ1) is 14.2. The second-order valence-electron chi connectivity index (χ2n) is 6.77. The maximum atomic E-state index is 13.5. The maximum absolute atomic E-state index is 13.5. The van der Waals surface area contributed by atoms with Crippen molar-refractivity contribution in [3.05, 3.63) is 33.9 Å². The van der Waals surface area contributed by atoms with Crippen LogP contribution in [0.4, 0.5) is 13.2 Å². The highest BCUT2D eigenvalue weighted by Crippen LogP contribution is 2.40. The minimum absolute atomic E-state index is 0.00706. The maximum Gasteiger partial charge on any atom is 0.430 e. The number of carbonyl (C=O) groups excluding carboxylic acids is 1. The fourth-order valence-electron chi connectivity index (χ4n) is 3.24. The highest BCUT2D eigenvalue weighted by Gasteiger charge is 2.49. The van der Waals surface area contributed by atoms with Gasteiger partial charge in [0, 0.05) is 22.4 Å². The molecule has 2 heterocycles.